The molecular weight excluding hydrogens is 190 g/mol. The first-order valence-corrected chi connectivity index (χ1v) is 5.28. The molecule has 1 aliphatic rings. The van der Waals surface area contributed by atoms with Crippen molar-refractivity contribution in [2.24, 2.45) is 5.92 Å². The van der Waals surface area contributed by atoms with Crippen molar-refractivity contribution in [2.75, 3.05) is 26.8 Å². The summed E-state index contributed by atoms with van der Waals surface area (Å²) in [5, 5.41) is 3.22. The van der Waals surface area contributed by atoms with Gasteiger partial charge in [-0.3, -0.25) is 0 Å². The van der Waals surface area contributed by atoms with E-state index in [1.807, 2.05) is 25.1 Å². The van der Waals surface area contributed by atoms with Gasteiger partial charge in [-0.1, -0.05) is 6.07 Å². The number of ether oxygens (including phenoxy) is 2. The molecule has 0 aliphatic carbocycles. The summed E-state index contributed by atoms with van der Waals surface area (Å²) in [5.41, 5.74) is 1.18. The molecule has 0 unspecified atom stereocenters. The van der Waals surface area contributed by atoms with Gasteiger partial charge in [-0.05, 0) is 24.6 Å². The van der Waals surface area contributed by atoms with E-state index in [4.69, 9.17) is 9.47 Å². The van der Waals surface area contributed by atoms with Gasteiger partial charge in [0, 0.05) is 19.0 Å². The van der Waals surface area contributed by atoms with Crippen molar-refractivity contribution in [2.45, 2.75) is 6.92 Å². The van der Waals surface area contributed by atoms with Crippen molar-refractivity contribution >= 4 is 0 Å². The molecular formula is C12H17NO2. The average Bonchev–Trinajstić information content (AvgIpc) is 2.17. The molecule has 3 nitrogen and oxygen atoms in total. The van der Waals surface area contributed by atoms with Gasteiger partial charge in [-0.2, -0.15) is 0 Å². The van der Waals surface area contributed by atoms with Gasteiger partial charge in [-0.25, -0.2) is 0 Å². The van der Waals surface area contributed by atoms with Crippen LogP contribution in [-0.4, -0.2) is 26.8 Å². The number of methoxy groups -OCH3 is 1. The maximum absolute atomic E-state index is 5.72. The SMILES string of the molecule is COc1cc(C)ccc1OCC1CNC1. The lowest BCUT2D eigenvalue weighted by Crippen LogP contribution is -2.45. The van der Waals surface area contributed by atoms with Crippen molar-refractivity contribution in [3.63, 3.8) is 0 Å². The number of aryl methyl sites for hydroxylation is 1. The molecule has 3 heteroatoms. The predicted molar refractivity (Wildman–Crippen MR) is 59.6 cm³/mol. The van der Waals surface area contributed by atoms with E-state index in [-0.39, 0.29) is 0 Å². The van der Waals surface area contributed by atoms with Crippen LogP contribution in [0.2, 0.25) is 0 Å². The summed E-state index contributed by atoms with van der Waals surface area (Å²) < 4.78 is 11.0. The van der Waals surface area contributed by atoms with Crippen LogP contribution in [0.3, 0.4) is 0 Å². The lowest BCUT2D eigenvalue weighted by molar-refractivity contribution is 0.193. The summed E-state index contributed by atoms with van der Waals surface area (Å²) in [4.78, 5) is 0. The van der Waals surface area contributed by atoms with Gasteiger partial charge in [0.2, 0.25) is 0 Å². The molecule has 0 aromatic heterocycles. The van der Waals surface area contributed by atoms with Crippen molar-refractivity contribution in [3.05, 3.63) is 23.8 Å². The Hall–Kier alpha value is -1.22. The molecule has 15 heavy (non-hydrogen) atoms. The second-order valence-electron chi connectivity index (χ2n) is 3.99. The van der Waals surface area contributed by atoms with Crippen molar-refractivity contribution in [1.29, 1.82) is 0 Å². The molecule has 1 aromatic carbocycles. The standard InChI is InChI=1S/C12H17NO2/c1-9-3-4-11(12(5-9)14-2)15-8-10-6-13-7-10/h3-5,10,13H,6-8H2,1-2H3. The summed E-state index contributed by atoms with van der Waals surface area (Å²) in [6, 6.07) is 6.01. The summed E-state index contributed by atoms with van der Waals surface area (Å²) in [6.45, 7) is 4.94. The third kappa shape index (κ3) is 2.42. The molecule has 1 heterocycles. The first-order chi connectivity index (χ1) is 7.29. The first-order valence-electron chi connectivity index (χ1n) is 5.28. The van der Waals surface area contributed by atoms with Crippen LogP contribution in [0.25, 0.3) is 0 Å². The highest BCUT2D eigenvalue weighted by molar-refractivity contribution is 5.42. The van der Waals surface area contributed by atoms with E-state index in [1.165, 1.54) is 5.56 Å². The van der Waals surface area contributed by atoms with Gasteiger partial charge in [0.25, 0.3) is 0 Å². The Kier molecular flexibility index (Phi) is 3.11. The molecule has 82 valence electrons. The molecule has 0 spiro atoms. The minimum Gasteiger partial charge on any atom is -0.493 e. The Labute approximate surface area is 90.4 Å². The van der Waals surface area contributed by atoms with Gasteiger partial charge >= 0.3 is 0 Å². The fraction of sp³-hybridized carbons (Fsp3) is 0.500. The quantitative estimate of drug-likeness (QED) is 0.813. The molecule has 0 atom stereocenters. The topological polar surface area (TPSA) is 30.5 Å². The highest BCUT2D eigenvalue weighted by Crippen LogP contribution is 2.28. The highest BCUT2D eigenvalue weighted by Gasteiger charge is 2.17. The molecule has 0 amide bonds. The second kappa shape index (κ2) is 4.53. The number of rotatable bonds is 4. The van der Waals surface area contributed by atoms with Gasteiger partial charge in [0.1, 0.15) is 0 Å². The molecule has 1 N–H and O–H groups in total. The Balaban J connectivity index is 1.99. The zero-order valence-electron chi connectivity index (χ0n) is 9.25. The zero-order chi connectivity index (χ0) is 10.7. The summed E-state index contributed by atoms with van der Waals surface area (Å²) >= 11 is 0. The van der Waals surface area contributed by atoms with E-state index in [1.54, 1.807) is 7.11 Å². The zero-order valence-corrected chi connectivity index (χ0v) is 9.25. The lowest BCUT2D eigenvalue weighted by atomic mass is 10.1. The Morgan fingerprint density at radius 3 is 2.73 bits per heavy atom. The van der Waals surface area contributed by atoms with Crippen LogP contribution < -0.4 is 14.8 Å². The number of nitrogens with one attached hydrogen (secondary N) is 1. The second-order valence-corrected chi connectivity index (χ2v) is 3.99. The molecule has 2 rings (SSSR count). The van der Waals surface area contributed by atoms with Gasteiger partial charge in [0.15, 0.2) is 11.5 Å². The monoisotopic (exact) mass is 207 g/mol. The summed E-state index contributed by atoms with van der Waals surface area (Å²) in [6.07, 6.45) is 0. The molecule has 0 radical (unpaired) electrons. The van der Waals surface area contributed by atoms with E-state index in [0.717, 1.165) is 31.2 Å². The maximum Gasteiger partial charge on any atom is 0.161 e. The minimum atomic E-state index is 0.649. The third-order valence-electron chi connectivity index (χ3n) is 2.66. The Morgan fingerprint density at radius 1 is 1.33 bits per heavy atom. The van der Waals surface area contributed by atoms with Crippen LogP contribution in [0.15, 0.2) is 18.2 Å². The lowest BCUT2D eigenvalue weighted by Gasteiger charge is -2.27. The summed E-state index contributed by atoms with van der Waals surface area (Å²) in [7, 11) is 1.67. The van der Waals surface area contributed by atoms with Crippen molar-refractivity contribution in [1.82, 2.24) is 5.32 Å². The van der Waals surface area contributed by atoms with Crippen LogP contribution in [0.4, 0.5) is 0 Å². The molecule has 0 bridgehead atoms. The Bertz CT molecular complexity index is 334. The Morgan fingerprint density at radius 2 is 2.13 bits per heavy atom. The van der Waals surface area contributed by atoms with Crippen LogP contribution in [-0.2, 0) is 0 Å². The minimum absolute atomic E-state index is 0.649. The molecule has 0 saturated carbocycles. The summed E-state index contributed by atoms with van der Waals surface area (Å²) in [5.74, 6) is 2.31. The average molecular weight is 207 g/mol. The van der Waals surface area contributed by atoms with E-state index in [9.17, 15) is 0 Å². The smallest absolute Gasteiger partial charge is 0.161 e. The maximum atomic E-state index is 5.72. The molecule has 1 aromatic rings. The number of benzene rings is 1. The van der Waals surface area contributed by atoms with E-state index < -0.39 is 0 Å². The first kappa shape index (κ1) is 10.3. The molecule has 1 fully saturated rings. The fourth-order valence-electron chi connectivity index (χ4n) is 1.57. The van der Waals surface area contributed by atoms with Crippen LogP contribution in [0, 0.1) is 12.8 Å². The van der Waals surface area contributed by atoms with Crippen LogP contribution >= 0.6 is 0 Å². The largest absolute Gasteiger partial charge is 0.493 e. The molecule has 1 saturated heterocycles. The van der Waals surface area contributed by atoms with E-state index >= 15 is 0 Å². The van der Waals surface area contributed by atoms with Gasteiger partial charge in [-0.15, -0.1) is 0 Å². The van der Waals surface area contributed by atoms with Crippen molar-refractivity contribution in [3.8, 4) is 11.5 Å². The third-order valence-corrected chi connectivity index (χ3v) is 2.66. The fourth-order valence-corrected chi connectivity index (χ4v) is 1.57. The highest BCUT2D eigenvalue weighted by atomic mass is 16.5. The number of hydrogen-bond acceptors (Lipinski definition) is 3. The van der Waals surface area contributed by atoms with Crippen LogP contribution in [0.5, 0.6) is 11.5 Å². The number of hydrogen-bond donors (Lipinski definition) is 1. The van der Waals surface area contributed by atoms with E-state index in [0.29, 0.717) is 5.92 Å². The normalized spacial score (nSPS) is 15.9. The van der Waals surface area contributed by atoms with Gasteiger partial charge in [0.05, 0.1) is 13.7 Å². The van der Waals surface area contributed by atoms with Crippen molar-refractivity contribution < 1.29 is 9.47 Å². The predicted octanol–water partition coefficient (Wildman–Crippen LogP) is 1.60. The van der Waals surface area contributed by atoms with Gasteiger partial charge < -0.3 is 14.8 Å². The molecule has 1 aliphatic heterocycles. The van der Waals surface area contributed by atoms with E-state index in [2.05, 4.69) is 5.32 Å². The van der Waals surface area contributed by atoms with Crippen LogP contribution in [0.1, 0.15) is 5.56 Å².